The summed E-state index contributed by atoms with van der Waals surface area (Å²) < 4.78 is 0. The molecule has 0 unspecified atom stereocenters. The molecule has 0 radical (unpaired) electrons. The zero-order valence-electron chi connectivity index (χ0n) is 8.40. The fourth-order valence-corrected chi connectivity index (χ4v) is 1.34. The van der Waals surface area contributed by atoms with Crippen molar-refractivity contribution in [3.63, 3.8) is 0 Å². The highest BCUT2D eigenvalue weighted by Gasteiger charge is 2.04. The first-order valence-electron chi connectivity index (χ1n) is 4.89. The summed E-state index contributed by atoms with van der Waals surface area (Å²) in [5.74, 6) is 0.992. The second-order valence-electron chi connectivity index (χ2n) is 3.05. The number of hydrogen-bond donors (Lipinski definition) is 0. The van der Waals surface area contributed by atoms with E-state index in [9.17, 15) is 0 Å². The molecule has 1 rings (SSSR count). The van der Waals surface area contributed by atoms with E-state index in [0.29, 0.717) is 0 Å². The lowest BCUT2D eigenvalue weighted by atomic mass is 10.3. The van der Waals surface area contributed by atoms with Crippen molar-refractivity contribution < 1.29 is 0 Å². The average Bonchev–Trinajstić information content (AvgIpc) is 2.19. The van der Waals surface area contributed by atoms with Gasteiger partial charge in [-0.2, -0.15) is 0 Å². The summed E-state index contributed by atoms with van der Waals surface area (Å²) >= 11 is 0. The Kier molecular flexibility index (Phi) is 4.23. The zero-order chi connectivity index (χ0) is 9.52. The normalized spacial score (nSPS) is 10.0. The van der Waals surface area contributed by atoms with Crippen LogP contribution in [0.3, 0.4) is 0 Å². The summed E-state index contributed by atoms with van der Waals surface area (Å²) in [5.41, 5.74) is 0. The molecule has 0 atom stereocenters. The molecule has 0 spiro atoms. The van der Waals surface area contributed by atoms with Gasteiger partial charge in [-0.3, -0.25) is 4.98 Å². The summed E-state index contributed by atoms with van der Waals surface area (Å²) in [6.07, 6.45) is 7.58. The summed E-state index contributed by atoms with van der Waals surface area (Å²) in [6.45, 7) is 6.48. The fourth-order valence-electron chi connectivity index (χ4n) is 1.34. The quantitative estimate of drug-likeness (QED) is 0.693. The highest BCUT2D eigenvalue weighted by molar-refractivity contribution is 5.34. The third kappa shape index (κ3) is 3.01. The van der Waals surface area contributed by atoms with E-state index in [1.165, 1.54) is 0 Å². The molecule has 3 heteroatoms. The highest BCUT2D eigenvalue weighted by atomic mass is 15.2. The molecule has 1 aromatic rings. The molecule has 1 heterocycles. The first kappa shape index (κ1) is 9.96. The van der Waals surface area contributed by atoms with Crippen molar-refractivity contribution >= 4 is 5.82 Å². The van der Waals surface area contributed by atoms with Gasteiger partial charge in [-0.1, -0.05) is 13.8 Å². The van der Waals surface area contributed by atoms with Crippen LogP contribution in [0.15, 0.2) is 18.6 Å². The van der Waals surface area contributed by atoms with Gasteiger partial charge < -0.3 is 4.90 Å². The molecule has 0 fully saturated rings. The van der Waals surface area contributed by atoms with Gasteiger partial charge in [0.25, 0.3) is 0 Å². The van der Waals surface area contributed by atoms with Crippen molar-refractivity contribution in [2.24, 2.45) is 0 Å². The maximum atomic E-state index is 4.28. The molecule has 0 N–H and O–H groups in total. The molecule has 0 saturated carbocycles. The Labute approximate surface area is 79.8 Å². The second kappa shape index (κ2) is 5.51. The largest absolute Gasteiger partial charge is 0.355 e. The van der Waals surface area contributed by atoms with Crippen molar-refractivity contribution in [1.29, 1.82) is 0 Å². The van der Waals surface area contributed by atoms with Crippen molar-refractivity contribution in [2.75, 3.05) is 18.0 Å². The first-order chi connectivity index (χ1) is 6.38. The molecule has 0 bridgehead atoms. The van der Waals surface area contributed by atoms with Crippen LogP contribution >= 0.6 is 0 Å². The van der Waals surface area contributed by atoms with Gasteiger partial charge in [0.1, 0.15) is 5.82 Å². The van der Waals surface area contributed by atoms with Crippen LogP contribution in [0.5, 0.6) is 0 Å². The molecule has 0 aliphatic carbocycles. The van der Waals surface area contributed by atoms with Crippen LogP contribution in [0.4, 0.5) is 5.82 Å². The van der Waals surface area contributed by atoms with Gasteiger partial charge in [0.2, 0.25) is 0 Å². The lowest BCUT2D eigenvalue weighted by Crippen LogP contribution is -2.25. The fraction of sp³-hybridized carbons (Fsp3) is 0.600. The lowest BCUT2D eigenvalue weighted by molar-refractivity contribution is 0.732. The number of aromatic nitrogens is 2. The predicted octanol–water partition coefficient (Wildman–Crippen LogP) is 2.10. The van der Waals surface area contributed by atoms with Gasteiger partial charge >= 0.3 is 0 Å². The SMILES string of the molecule is CCCN(CCC)c1cnccn1. The molecule has 0 aliphatic rings. The van der Waals surface area contributed by atoms with Gasteiger partial charge in [0.15, 0.2) is 0 Å². The Bertz CT molecular complexity index is 217. The Morgan fingerprint density at radius 3 is 2.31 bits per heavy atom. The van der Waals surface area contributed by atoms with E-state index in [1.54, 1.807) is 12.4 Å². The monoisotopic (exact) mass is 179 g/mol. The molecular formula is C10H17N3. The minimum Gasteiger partial charge on any atom is -0.355 e. The molecular weight excluding hydrogens is 162 g/mol. The molecule has 0 aliphatic heterocycles. The van der Waals surface area contributed by atoms with Crippen molar-refractivity contribution in [2.45, 2.75) is 26.7 Å². The maximum absolute atomic E-state index is 4.28. The van der Waals surface area contributed by atoms with E-state index >= 15 is 0 Å². The van der Waals surface area contributed by atoms with E-state index in [0.717, 1.165) is 31.7 Å². The first-order valence-corrected chi connectivity index (χ1v) is 4.89. The van der Waals surface area contributed by atoms with Gasteiger partial charge in [-0.25, -0.2) is 4.98 Å². The standard InChI is InChI=1S/C10H17N3/c1-3-7-13(8-4-2)10-9-11-5-6-12-10/h5-6,9H,3-4,7-8H2,1-2H3. The summed E-state index contributed by atoms with van der Waals surface area (Å²) in [4.78, 5) is 10.6. The molecule has 72 valence electrons. The predicted molar refractivity (Wildman–Crippen MR) is 54.8 cm³/mol. The highest BCUT2D eigenvalue weighted by Crippen LogP contribution is 2.08. The van der Waals surface area contributed by atoms with Crippen molar-refractivity contribution in [3.8, 4) is 0 Å². The third-order valence-corrected chi connectivity index (χ3v) is 1.86. The maximum Gasteiger partial charge on any atom is 0.147 e. The summed E-state index contributed by atoms with van der Waals surface area (Å²) in [7, 11) is 0. The van der Waals surface area contributed by atoms with Crippen LogP contribution in [0, 0.1) is 0 Å². The lowest BCUT2D eigenvalue weighted by Gasteiger charge is -2.21. The van der Waals surface area contributed by atoms with Gasteiger partial charge in [-0.15, -0.1) is 0 Å². The number of hydrogen-bond acceptors (Lipinski definition) is 3. The van der Waals surface area contributed by atoms with Crippen LogP contribution in [-0.4, -0.2) is 23.1 Å². The van der Waals surface area contributed by atoms with E-state index in [2.05, 4.69) is 28.7 Å². The van der Waals surface area contributed by atoms with Gasteiger partial charge in [0.05, 0.1) is 6.20 Å². The van der Waals surface area contributed by atoms with Crippen molar-refractivity contribution in [3.05, 3.63) is 18.6 Å². The van der Waals surface area contributed by atoms with Crippen molar-refractivity contribution in [1.82, 2.24) is 9.97 Å². The Hall–Kier alpha value is -1.12. The van der Waals surface area contributed by atoms with Crippen LogP contribution < -0.4 is 4.90 Å². The molecule has 3 nitrogen and oxygen atoms in total. The molecule has 1 aromatic heterocycles. The minimum atomic E-state index is 0.992. The summed E-state index contributed by atoms with van der Waals surface area (Å²) in [5, 5.41) is 0. The van der Waals surface area contributed by atoms with Gasteiger partial charge in [-0.05, 0) is 12.8 Å². The van der Waals surface area contributed by atoms with Gasteiger partial charge in [0, 0.05) is 25.5 Å². The molecule has 0 saturated heterocycles. The molecule has 13 heavy (non-hydrogen) atoms. The molecule has 0 amide bonds. The van der Waals surface area contributed by atoms with Crippen LogP contribution in [0.25, 0.3) is 0 Å². The number of nitrogens with zero attached hydrogens (tertiary/aromatic N) is 3. The Morgan fingerprint density at radius 2 is 1.85 bits per heavy atom. The Morgan fingerprint density at radius 1 is 1.15 bits per heavy atom. The van der Waals surface area contributed by atoms with E-state index in [4.69, 9.17) is 0 Å². The number of rotatable bonds is 5. The average molecular weight is 179 g/mol. The third-order valence-electron chi connectivity index (χ3n) is 1.86. The van der Waals surface area contributed by atoms with Crippen LogP contribution in [0.1, 0.15) is 26.7 Å². The topological polar surface area (TPSA) is 29.0 Å². The van der Waals surface area contributed by atoms with E-state index in [-0.39, 0.29) is 0 Å². The van der Waals surface area contributed by atoms with Crippen LogP contribution in [-0.2, 0) is 0 Å². The second-order valence-corrected chi connectivity index (χ2v) is 3.05. The smallest absolute Gasteiger partial charge is 0.147 e. The van der Waals surface area contributed by atoms with Crippen LogP contribution in [0.2, 0.25) is 0 Å². The minimum absolute atomic E-state index is 0.992. The van der Waals surface area contributed by atoms with E-state index < -0.39 is 0 Å². The van der Waals surface area contributed by atoms with E-state index in [1.807, 2.05) is 6.20 Å². The summed E-state index contributed by atoms with van der Waals surface area (Å²) in [6, 6.07) is 0. The zero-order valence-corrected chi connectivity index (χ0v) is 8.40. The molecule has 0 aromatic carbocycles. The number of anilines is 1. The Balaban J connectivity index is 2.64.